The molecule has 0 amide bonds. The predicted octanol–water partition coefficient (Wildman–Crippen LogP) is 9.55. The molecular formula is C92H130O30. The lowest BCUT2D eigenvalue weighted by Gasteiger charge is -2.18. The summed E-state index contributed by atoms with van der Waals surface area (Å²) in [6.45, 7) is 17.6. The summed E-state index contributed by atoms with van der Waals surface area (Å²) in [4.78, 5) is 0. The molecule has 0 atom stereocenters. The molecule has 0 aromatic heterocycles. The summed E-state index contributed by atoms with van der Waals surface area (Å²) in [5.74, 6) is 16.8. The molecule has 0 aliphatic rings. The number of fused-ring (bicyclic) bond motifs is 4. The molecule has 0 unspecified atom stereocenters. The van der Waals surface area contributed by atoms with Crippen molar-refractivity contribution in [2.75, 3.05) is 360 Å². The van der Waals surface area contributed by atoms with Gasteiger partial charge in [0.05, 0.1) is 277 Å². The van der Waals surface area contributed by atoms with E-state index in [4.69, 9.17) is 142 Å². The Hall–Kier alpha value is -7.46. The van der Waals surface area contributed by atoms with Crippen LogP contribution in [0.15, 0.2) is 97.1 Å². The minimum atomic E-state index is 0.144. The summed E-state index contributed by atoms with van der Waals surface area (Å²) in [6.07, 6.45) is 0. The van der Waals surface area contributed by atoms with E-state index in [1.54, 1.807) is 42.7 Å². The Kier molecular flexibility index (Phi) is 57.3. The highest BCUT2D eigenvalue weighted by Gasteiger charge is 2.21. The molecule has 678 valence electrons. The monoisotopic (exact) mass is 1710 g/mol. The number of hydrogen-bond acceptors (Lipinski definition) is 30. The van der Waals surface area contributed by atoms with Crippen LogP contribution in [0.5, 0.6) is 34.5 Å². The van der Waals surface area contributed by atoms with Crippen LogP contribution in [-0.2, 0) is 114 Å². The molecule has 0 radical (unpaired) electrons. The minimum Gasteiger partial charge on any atom is -0.487 e. The van der Waals surface area contributed by atoms with Gasteiger partial charge in [-0.15, -0.1) is 0 Å². The molecule has 0 fully saturated rings. The second-order valence-corrected chi connectivity index (χ2v) is 26.4. The Morgan fingerprint density at radius 2 is 0.328 bits per heavy atom. The van der Waals surface area contributed by atoms with E-state index in [2.05, 4.69) is 72.2 Å². The molecule has 0 saturated heterocycles. The fourth-order valence-electron chi connectivity index (χ4n) is 11.5. The van der Waals surface area contributed by atoms with Crippen LogP contribution in [-0.4, -0.2) is 360 Å². The van der Waals surface area contributed by atoms with Crippen molar-refractivity contribution < 1.29 is 142 Å². The van der Waals surface area contributed by atoms with E-state index in [-0.39, 0.29) is 79.3 Å². The summed E-state index contributed by atoms with van der Waals surface area (Å²) >= 11 is 0. The molecular weight excluding hydrogens is 1580 g/mol. The lowest BCUT2D eigenvalue weighted by atomic mass is 9.88. The summed E-state index contributed by atoms with van der Waals surface area (Å²) < 4.78 is 174. The number of rotatable bonds is 78. The van der Waals surface area contributed by atoms with Gasteiger partial charge in [-0.25, -0.2) is 0 Å². The first-order valence-corrected chi connectivity index (χ1v) is 41.8. The van der Waals surface area contributed by atoms with Crippen LogP contribution in [0.2, 0.25) is 0 Å². The molecule has 0 spiro atoms. The first-order chi connectivity index (χ1) is 60.5. The third-order valence-corrected chi connectivity index (χ3v) is 17.5. The Labute approximate surface area is 719 Å². The molecule has 0 N–H and O–H groups in total. The Morgan fingerprint density at radius 3 is 0.500 bits per heavy atom. The Bertz CT molecular complexity index is 3530. The van der Waals surface area contributed by atoms with E-state index >= 15 is 0 Å². The second-order valence-electron chi connectivity index (χ2n) is 26.4. The fourth-order valence-corrected chi connectivity index (χ4v) is 11.5. The van der Waals surface area contributed by atoms with Gasteiger partial charge in [0.25, 0.3) is 0 Å². The van der Waals surface area contributed by atoms with Crippen molar-refractivity contribution in [2.24, 2.45) is 0 Å². The van der Waals surface area contributed by atoms with Crippen molar-refractivity contribution in [3.8, 4) is 58.2 Å². The normalized spacial score (nSPS) is 11.5. The van der Waals surface area contributed by atoms with Gasteiger partial charge in [-0.3, -0.25) is 0 Å². The first kappa shape index (κ1) is 102. The Balaban J connectivity index is 1.27. The zero-order chi connectivity index (χ0) is 85.7. The predicted molar refractivity (Wildman–Crippen MR) is 460 cm³/mol. The maximum Gasteiger partial charge on any atom is 0.203 e. The van der Waals surface area contributed by atoms with Crippen molar-refractivity contribution in [2.45, 2.75) is 0 Å². The first-order valence-electron chi connectivity index (χ1n) is 41.8. The van der Waals surface area contributed by atoms with Crippen molar-refractivity contribution in [1.82, 2.24) is 0 Å². The molecule has 30 heteroatoms. The third-order valence-electron chi connectivity index (χ3n) is 17.5. The Morgan fingerprint density at radius 1 is 0.172 bits per heavy atom. The maximum atomic E-state index is 6.62. The molecule has 7 aromatic rings. The van der Waals surface area contributed by atoms with Crippen LogP contribution in [0, 0.1) is 23.7 Å². The highest BCUT2D eigenvalue weighted by molar-refractivity contribution is 6.16. The van der Waals surface area contributed by atoms with Crippen LogP contribution in [0.3, 0.4) is 0 Å². The van der Waals surface area contributed by atoms with Crippen LogP contribution in [0.4, 0.5) is 0 Å². The van der Waals surface area contributed by atoms with Gasteiger partial charge in [0.1, 0.15) is 39.6 Å². The van der Waals surface area contributed by atoms with E-state index in [1.165, 1.54) is 0 Å². The zero-order valence-corrected chi connectivity index (χ0v) is 72.4. The topological polar surface area (TPSA) is 277 Å². The summed E-state index contributed by atoms with van der Waals surface area (Å²) in [6, 6.07) is 32.7. The van der Waals surface area contributed by atoms with Gasteiger partial charge < -0.3 is 142 Å². The van der Waals surface area contributed by atoms with Crippen LogP contribution >= 0.6 is 0 Å². The van der Waals surface area contributed by atoms with Gasteiger partial charge in [-0.05, 0) is 91.6 Å². The van der Waals surface area contributed by atoms with Gasteiger partial charge in [-0.2, -0.15) is 0 Å². The largest absolute Gasteiger partial charge is 0.487 e. The van der Waals surface area contributed by atoms with E-state index in [0.717, 1.165) is 54.2 Å². The van der Waals surface area contributed by atoms with E-state index < -0.39 is 0 Å². The average molecular weight is 1720 g/mol. The molecule has 0 aliphatic heterocycles. The van der Waals surface area contributed by atoms with Gasteiger partial charge in [0.2, 0.25) is 11.5 Å². The number of ether oxygens (including phenoxy) is 30. The molecule has 7 aromatic carbocycles. The quantitative estimate of drug-likeness (QED) is 0.0195. The van der Waals surface area contributed by atoms with Crippen LogP contribution < -0.4 is 28.4 Å². The van der Waals surface area contributed by atoms with Crippen LogP contribution in [0.25, 0.3) is 43.1 Å². The third kappa shape index (κ3) is 43.0. The van der Waals surface area contributed by atoms with E-state index in [9.17, 15) is 0 Å². The molecule has 0 saturated carbocycles. The minimum absolute atomic E-state index is 0.144. The van der Waals surface area contributed by atoms with Crippen molar-refractivity contribution in [1.29, 1.82) is 0 Å². The molecule has 30 nitrogen and oxygen atoms in total. The summed E-state index contributed by atoms with van der Waals surface area (Å²) in [7, 11) is 9.81. The highest BCUT2D eigenvalue weighted by atomic mass is 16.6. The van der Waals surface area contributed by atoms with E-state index in [1.807, 2.05) is 48.5 Å². The van der Waals surface area contributed by atoms with Crippen molar-refractivity contribution >= 4 is 43.1 Å². The SMILES string of the molecule is COCCOCCOCCOCCOc1cc(C#Cc2c3cc4ccccc4cc3c(C#Cc3cc(OCCOCCOCCOCCOC)c(OCCOCCOCCOCCOC)c(OCCOCCOCCOCCOC)c3)c3cc4ccccc4cc23)cc(OCCOCCOCCOCCOC)c1OCCOCCOCCOCCOC. The fraction of sp³-hybridized carbons (Fsp3) is 0.587. The summed E-state index contributed by atoms with van der Waals surface area (Å²) in [5.41, 5.74) is 2.68. The molecule has 122 heavy (non-hydrogen) atoms. The van der Waals surface area contributed by atoms with Crippen LogP contribution in [0.1, 0.15) is 22.3 Å². The molecule has 0 heterocycles. The van der Waals surface area contributed by atoms with Gasteiger partial charge in [0, 0.05) is 64.9 Å². The van der Waals surface area contributed by atoms with E-state index in [0.29, 0.717) is 283 Å². The van der Waals surface area contributed by atoms with Crippen molar-refractivity contribution in [3.63, 3.8) is 0 Å². The maximum absolute atomic E-state index is 6.62. The molecule has 7 rings (SSSR count). The number of hydrogen-bond donors (Lipinski definition) is 0. The molecule has 0 bridgehead atoms. The number of benzene rings is 7. The van der Waals surface area contributed by atoms with Crippen molar-refractivity contribution in [3.05, 3.63) is 119 Å². The van der Waals surface area contributed by atoms with Gasteiger partial charge in [0.15, 0.2) is 23.0 Å². The summed E-state index contributed by atoms with van der Waals surface area (Å²) in [5, 5.41) is 7.51. The van der Waals surface area contributed by atoms with Gasteiger partial charge in [-0.1, -0.05) is 72.2 Å². The van der Waals surface area contributed by atoms with Gasteiger partial charge >= 0.3 is 0 Å². The highest BCUT2D eigenvalue weighted by Crippen LogP contribution is 2.42. The lowest BCUT2D eigenvalue weighted by molar-refractivity contribution is -0.00160. The second kappa shape index (κ2) is 68.8. The lowest BCUT2D eigenvalue weighted by Crippen LogP contribution is -2.16. The average Bonchev–Trinajstić information content (AvgIpc) is 0.731. The standard InChI is InChI=1S/C92H130O30/c1-93-19-25-99-31-37-105-43-49-111-55-61-117-87-67-75(68-88(118-62-56-112-50-44-106-38-32-100-26-20-94-2)91(87)121-65-59-115-53-47-109-41-35-103-29-23-97-5)15-17-81-83-71-77-11-7-9-13-79(77)73-85(83)82(86-74-80-14-10-8-12-78(80)72-84(81)86)18-16-76-69-89(119-63-57-113-51-45-107-39-33-101-27-21-95-3)92(122-66-60-116-54-48-110-42-36-104-30-24-98-6)90(70-76)120-64-58-114-52-46-108-40-34-102-28-22-96-4/h7-14,67-74H,19-66H2,1-6H3. The zero-order valence-electron chi connectivity index (χ0n) is 72.4. The molecule has 0 aliphatic carbocycles. The number of methoxy groups -OCH3 is 6. The smallest absolute Gasteiger partial charge is 0.203 e.